The van der Waals surface area contributed by atoms with Gasteiger partial charge < -0.3 is 0 Å². The van der Waals surface area contributed by atoms with Crippen molar-refractivity contribution in [2.45, 2.75) is 6.92 Å². The van der Waals surface area contributed by atoms with Crippen molar-refractivity contribution in [3.63, 3.8) is 0 Å². The molecule has 0 aliphatic rings. The molecule has 1 N–H and O–H groups in total. The van der Waals surface area contributed by atoms with E-state index in [4.69, 9.17) is 1.41 Å². The van der Waals surface area contributed by atoms with Crippen LogP contribution in [0.25, 0.3) is 0 Å². The zero-order valence-corrected chi connectivity index (χ0v) is 11.0. The van der Waals surface area contributed by atoms with Crippen LogP contribution in [0.1, 0.15) is 6.92 Å². The average Bonchev–Trinajstić information content (AvgIpc) is 2.34. The molecule has 0 unspecified atom stereocenters. The van der Waals surface area contributed by atoms with E-state index >= 15 is 0 Å². The molecule has 0 radical (unpaired) electrons. The highest BCUT2D eigenvalue weighted by molar-refractivity contribution is 14.1. The van der Waals surface area contributed by atoms with Gasteiger partial charge in [0.15, 0.2) is 1.41 Å². The first-order valence-corrected chi connectivity index (χ1v) is 5.11. The minimum absolute atomic E-state index is 0.930. The van der Waals surface area contributed by atoms with Gasteiger partial charge in [-0.3, -0.25) is 3.52 Å². The van der Waals surface area contributed by atoms with Crippen molar-refractivity contribution < 1.29 is 1.41 Å². The van der Waals surface area contributed by atoms with Gasteiger partial charge in [-0.15, -0.1) is 0 Å². The quantitative estimate of drug-likeness (QED) is 0.302. The number of halogens is 1. The van der Waals surface area contributed by atoms with Crippen molar-refractivity contribution in [1.29, 1.82) is 0 Å². The molecule has 0 heterocycles. The lowest BCUT2D eigenvalue weighted by Crippen LogP contribution is -1.77. The summed E-state index contributed by atoms with van der Waals surface area (Å²) in [6, 6.07) is 2.39. The van der Waals surface area contributed by atoms with E-state index in [1.54, 1.807) is 29.8 Å². The molecule has 0 rings (SSSR count). The second-order valence-corrected chi connectivity index (χ2v) is 2.43. The summed E-state index contributed by atoms with van der Waals surface area (Å²) >= 11 is 1.70. The van der Waals surface area contributed by atoms with Crippen molar-refractivity contribution in [1.82, 2.24) is 3.52 Å². The van der Waals surface area contributed by atoms with Gasteiger partial charge in [0.05, 0.1) is 22.9 Å². The smallest absolute Gasteiger partial charge is 0.183 e. The lowest BCUT2D eigenvalue weighted by atomic mass is 10.5. The van der Waals surface area contributed by atoms with Gasteiger partial charge in [-0.2, -0.15) is 0 Å². The van der Waals surface area contributed by atoms with Gasteiger partial charge in [0, 0.05) is 41.6 Å². The summed E-state index contributed by atoms with van der Waals surface area (Å²) in [6.07, 6.45) is 0. The van der Waals surface area contributed by atoms with Crippen LogP contribution in [0.5, 0.6) is 0 Å². The van der Waals surface area contributed by atoms with Crippen LogP contribution in [0.4, 0.5) is 0 Å². The van der Waals surface area contributed by atoms with Crippen molar-refractivity contribution in [3.05, 3.63) is 0 Å². The molecule has 0 atom stereocenters. The summed E-state index contributed by atoms with van der Waals surface area (Å²) < 4.78 is 7.85. The lowest BCUT2D eigenvalue weighted by Gasteiger charge is -1.65. The molecule has 0 saturated carbocycles. The Kier molecular flexibility index (Phi) is 9.90. The molecule has 17 heavy (non-hydrogen) atoms. The number of hydrogen-bond acceptors (Lipinski definition) is 1. The molecule has 0 bridgehead atoms. The van der Waals surface area contributed by atoms with Crippen LogP contribution >= 0.6 is 22.9 Å². The largest absolute Gasteiger partial charge is 0.287 e. The maximum absolute atomic E-state index is 6.92. The van der Waals surface area contributed by atoms with Crippen molar-refractivity contribution >= 4 is 22.9 Å². The standard InChI is InChI=1S/C15H4IN/c1-2-3-4-5-6-7-8-9-10-11-12-13-14-15-17-16/h17H,1H3/i/hT. The third-order valence-electron chi connectivity index (χ3n) is 0.911. The Morgan fingerprint density at radius 2 is 1.06 bits per heavy atom. The third-order valence-corrected chi connectivity index (χ3v) is 1.15. The van der Waals surface area contributed by atoms with E-state index in [1.165, 1.54) is 0 Å². The highest BCUT2D eigenvalue weighted by Gasteiger charge is 1.57. The van der Waals surface area contributed by atoms with Crippen LogP contribution in [0.2, 0.25) is 1.41 Å². The fraction of sp³-hybridized carbons (Fsp3) is 0.0667. The summed E-state index contributed by atoms with van der Waals surface area (Å²) in [4.78, 5) is 0. The number of nitrogens with one attached hydrogen (secondary N) is 1. The second kappa shape index (κ2) is 13.4. The SMILES string of the molecule is [3H]N(I)C#CC#CC#CC#CC#CC#CC#CC. The van der Waals surface area contributed by atoms with Crippen molar-refractivity contribution in [2.24, 2.45) is 0 Å². The zero-order valence-electron chi connectivity index (χ0n) is 9.83. The molecule has 2 heteroatoms. The molecule has 0 aliphatic heterocycles. The summed E-state index contributed by atoms with van der Waals surface area (Å²) in [5.41, 5.74) is 0. The molecule has 1 nitrogen and oxygen atoms in total. The van der Waals surface area contributed by atoms with Crippen molar-refractivity contribution in [3.8, 4) is 83.0 Å². The van der Waals surface area contributed by atoms with E-state index in [0.717, 1.165) is 3.52 Å². The summed E-state index contributed by atoms with van der Waals surface area (Å²) in [7, 11) is 0. The molecule has 76 valence electrons. The maximum Gasteiger partial charge on any atom is 0.183 e. The lowest BCUT2D eigenvalue weighted by molar-refractivity contribution is 1.61. The minimum Gasteiger partial charge on any atom is -0.287 e. The van der Waals surface area contributed by atoms with Crippen LogP contribution in [-0.2, 0) is 0 Å². The molecule has 0 aromatic carbocycles. The maximum atomic E-state index is 6.92. The van der Waals surface area contributed by atoms with Gasteiger partial charge in [-0.05, 0) is 42.4 Å². The van der Waals surface area contributed by atoms with Gasteiger partial charge in [-0.25, -0.2) is 0 Å². The van der Waals surface area contributed by atoms with Crippen LogP contribution in [0.15, 0.2) is 0 Å². The highest BCUT2D eigenvalue weighted by Crippen LogP contribution is 1.60. The normalized spacial score (nSPS) is 4.94. The summed E-state index contributed by atoms with van der Waals surface area (Å²) in [6.45, 7) is 1.70. The fourth-order valence-electron chi connectivity index (χ4n) is 0.424. The van der Waals surface area contributed by atoms with E-state index in [9.17, 15) is 0 Å². The third kappa shape index (κ3) is 13.4. The molecular weight excluding hydrogens is 321 g/mol. The molecular formula is C15H4IN. The van der Waals surface area contributed by atoms with Gasteiger partial charge in [0.2, 0.25) is 0 Å². The van der Waals surface area contributed by atoms with Crippen LogP contribution in [0.3, 0.4) is 0 Å². The summed E-state index contributed by atoms with van der Waals surface area (Å²) in [5.74, 6) is 32.5. The molecule has 0 amide bonds. The van der Waals surface area contributed by atoms with Gasteiger partial charge in [-0.1, -0.05) is 5.92 Å². The van der Waals surface area contributed by atoms with Gasteiger partial charge >= 0.3 is 0 Å². The predicted octanol–water partition coefficient (Wildman–Crippen LogP) is 0.927. The molecule has 0 aliphatic carbocycles. The monoisotopic (exact) mass is 327 g/mol. The van der Waals surface area contributed by atoms with E-state index in [2.05, 4.69) is 83.0 Å². The van der Waals surface area contributed by atoms with E-state index in [0.29, 0.717) is 0 Å². The van der Waals surface area contributed by atoms with E-state index in [1.807, 2.05) is 0 Å². The average molecular weight is 327 g/mol. The molecule has 0 spiro atoms. The molecule has 0 aromatic rings. The Balaban J connectivity index is 4.26. The predicted molar refractivity (Wildman–Crippen MR) is 77.3 cm³/mol. The molecule has 0 aromatic heterocycles. The molecule has 0 fully saturated rings. The Hall–Kier alpha value is -2.55. The van der Waals surface area contributed by atoms with Crippen LogP contribution in [0, 0.1) is 83.0 Å². The highest BCUT2D eigenvalue weighted by atomic mass is 127. The first-order chi connectivity index (χ1) is 8.77. The zero-order chi connectivity index (χ0) is 13.5. The van der Waals surface area contributed by atoms with E-state index in [-0.39, 0.29) is 0 Å². The summed E-state index contributed by atoms with van der Waals surface area (Å²) in [5, 5.41) is 0. The minimum atomic E-state index is 0.930. The first-order valence-electron chi connectivity index (χ1n) is 4.59. The van der Waals surface area contributed by atoms with Crippen molar-refractivity contribution in [2.75, 3.05) is 0 Å². The Morgan fingerprint density at radius 1 is 0.706 bits per heavy atom. The molecule has 0 saturated heterocycles. The van der Waals surface area contributed by atoms with E-state index < -0.39 is 0 Å². The van der Waals surface area contributed by atoms with Gasteiger partial charge in [0.25, 0.3) is 0 Å². The first kappa shape index (κ1) is 12.5. The number of rotatable bonds is 0. The Labute approximate surface area is 117 Å². The second-order valence-electron chi connectivity index (χ2n) is 1.95. The fourth-order valence-corrected chi connectivity index (χ4v) is 0.545. The Bertz CT molecular complexity index is 712. The topological polar surface area (TPSA) is 12.0 Å². The van der Waals surface area contributed by atoms with Gasteiger partial charge in [0.1, 0.15) is 0 Å². The number of hydrogen-bond donors (Lipinski definition) is 1. The van der Waals surface area contributed by atoms with Crippen LogP contribution in [-0.4, -0.2) is 0 Å². The Morgan fingerprint density at radius 3 is 1.41 bits per heavy atom. The van der Waals surface area contributed by atoms with Crippen LogP contribution < -0.4 is 3.52 Å².